The summed E-state index contributed by atoms with van der Waals surface area (Å²) in [6.07, 6.45) is 0.758. The summed E-state index contributed by atoms with van der Waals surface area (Å²) in [4.78, 5) is 24.9. The van der Waals surface area contributed by atoms with Gasteiger partial charge in [0, 0.05) is 31.2 Å². The zero-order valence-corrected chi connectivity index (χ0v) is 18.9. The highest BCUT2D eigenvalue weighted by Crippen LogP contribution is 2.24. The molecule has 162 valence electrons. The van der Waals surface area contributed by atoms with Gasteiger partial charge in [-0.25, -0.2) is 15.0 Å². The van der Waals surface area contributed by atoms with E-state index in [1.165, 1.54) is 7.11 Å². The van der Waals surface area contributed by atoms with Gasteiger partial charge in [0.25, 0.3) is 0 Å². The van der Waals surface area contributed by atoms with E-state index in [2.05, 4.69) is 25.7 Å². The number of anilines is 1. The molecule has 1 amide bonds. The molecule has 30 heavy (non-hydrogen) atoms. The molecule has 0 bridgehead atoms. The Bertz CT molecular complexity index is 903. The molecule has 2 aromatic rings. The molecular weight excluding hydrogens is 404 g/mol. The van der Waals surface area contributed by atoms with Crippen molar-refractivity contribution in [3.05, 3.63) is 46.4 Å². The zero-order valence-electron chi connectivity index (χ0n) is 18.1. The average Bonchev–Trinajstić information content (AvgIpc) is 3.18. The van der Waals surface area contributed by atoms with Crippen molar-refractivity contribution in [2.24, 2.45) is 4.99 Å². The maximum absolute atomic E-state index is 11.5. The smallest absolute Gasteiger partial charge is 0.246 e. The number of methoxy groups -OCH3 is 1. The third kappa shape index (κ3) is 6.67. The van der Waals surface area contributed by atoms with Gasteiger partial charge in [-0.2, -0.15) is 0 Å². The van der Waals surface area contributed by atoms with Crippen molar-refractivity contribution < 1.29 is 9.53 Å². The summed E-state index contributed by atoms with van der Waals surface area (Å²) < 4.78 is 4.80. The second-order valence-corrected chi connectivity index (χ2v) is 6.89. The first-order chi connectivity index (χ1) is 14.4. The Kier molecular flexibility index (Phi) is 9.01. The van der Waals surface area contributed by atoms with E-state index in [0.717, 1.165) is 35.1 Å². The highest BCUT2D eigenvalue weighted by Gasteiger charge is 2.18. The summed E-state index contributed by atoms with van der Waals surface area (Å²) in [6, 6.07) is 7.71. The van der Waals surface area contributed by atoms with Crippen LogP contribution in [0.1, 0.15) is 37.4 Å². The van der Waals surface area contributed by atoms with Gasteiger partial charge in [-0.3, -0.25) is 15.2 Å². The van der Waals surface area contributed by atoms with Gasteiger partial charge in [0.15, 0.2) is 5.82 Å². The molecule has 0 radical (unpaired) electrons. The molecule has 1 aromatic carbocycles. The number of nitrogens with zero attached hydrogens (tertiary/aromatic N) is 4. The molecule has 9 heteroatoms. The summed E-state index contributed by atoms with van der Waals surface area (Å²) in [5.41, 5.74) is 6.01. The number of amides is 1. The average molecular weight is 433 g/mol. The van der Waals surface area contributed by atoms with Crippen molar-refractivity contribution in [3.8, 4) is 0 Å². The van der Waals surface area contributed by atoms with Crippen LogP contribution < -0.4 is 15.8 Å². The van der Waals surface area contributed by atoms with Crippen LogP contribution in [0.15, 0.2) is 29.3 Å². The summed E-state index contributed by atoms with van der Waals surface area (Å²) in [6.45, 7) is 8.87. The Labute approximate surface area is 182 Å². The second-order valence-electron chi connectivity index (χ2n) is 6.48. The molecule has 0 unspecified atom stereocenters. The largest absolute Gasteiger partial charge is 0.375 e. The number of rotatable bonds is 6. The number of benzene rings is 1. The molecule has 2 N–H and O–H groups in total. The molecule has 0 aliphatic carbocycles. The summed E-state index contributed by atoms with van der Waals surface area (Å²) in [7, 11) is 1.48. The van der Waals surface area contributed by atoms with Crippen LogP contribution in [0, 0.1) is 13.8 Å². The van der Waals surface area contributed by atoms with Crippen molar-refractivity contribution >= 4 is 34.8 Å². The van der Waals surface area contributed by atoms with Crippen LogP contribution in [0.2, 0.25) is 5.02 Å². The first-order valence-electron chi connectivity index (χ1n) is 9.92. The number of carbonyl (C=O) groups excluding carboxylic acids is 1. The lowest BCUT2D eigenvalue weighted by atomic mass is 10.2. The van der Waals surface area contributed by atoms with Gasteiger partial charge in [-0.1, -0.05) is 31.5 Å². The molecule has 1 saturated heterocycles. The number of amidine groups is 1. The molecule has 1 fully saturated rings. The highest BCUT2D eigenvalue weighted by atomic mass is 35.5. The molecule has 1 aliphatic heterocycles. The van der Waals surface area contributed by atoms with Gasteiger partial charge in [0.05, 0.1) is 17.9 Å². The molecule has 8 nitrogen and oxygen atoms in total. The predicted octanol–water partition coefficient (Wildman–Crippen LogP) is 3.48. The van der Waals surface area contributed by atoms with Crippen molar-refractivity contribution in [2.45, 2.75) is 40.7 Å². The quantitative estimate of drug-likeness (QED) is 0.726. The molecule has 0 atom stereocenters. The van der Waals surface area contributed by atoms with Gasteiger partial charge < -0.3 is 10.1 Å². The number of carbonyl (C=O) groups is 1. The number of aromatic nitrogens is 2. The second kappa shape index (κ2) is 11.5. The fourth-order valence-corrected chi connectivity index (χ4v) is 2.95. The lowest BCUT2D eigenvalue weighted by Gasteiger charge is -2.18. The minimum absolute atomic E-state index is 0.0159. The number of aryl methyl sites for hydroxylation is 2. The minimum Gasteiger partial charge on any atom is -0.375 e. The van der Waals surface area contributed by atoms with E-state index >= 15 is 0 Å². The molecule has 1 aromatic heterocycles. The fraction of sp³-hybridized carbons (Fsp3) is 0.429. The number of ether oxygens (including phenoxy) is 1. The number of hydrogen-bond donors (Lipinski definition) is 2. The number of hydrazine groups is 1. The normalized spacial score (nSPS) is 14.2. The fourth-order valence-electron chi connectivity index (χ4n) is 2.78. The number of hydrogen-bond acceptors (Lipinski definition) is 6. The number of aliphatic imine (C=N–C) groups is 1. The van der Waals surface area contributed by atoms with Crippen molar-refractivity contribution in [3.63, 3.8) is 0 Å². The van der Waals surface area contributed by atoms with Crippen LogP contribution >= 0.6 is 11.6 Å². The van der Waals surface area contributed by atoms with Crippen molar-refractivity contribution in [2.75, 3.05) is 25.3 Å². The van der Waals surface area contributed by atoms with Gasteiger partial charge in [0.2, 0.25) is 5.91 Å². The summed E-state index contributed by atoms with van der Waals surface area (Å²) in [5.74, 6) is 1.76. The Balaban J connectivity index is 0.00000155. The number of nitrogens with one attached hydrogen (secondary N) is 2. The maximum Gasteiger partial charge on any atom is 0.246 e. The Morgan fingerprint density at radius 2 is 2.07 bits per heavy atom. The first-order valence-corrected chi connectivity index (χ1v) is 10.3. The van der Waals surface area contributed by atoms with Crippen LogP contribution in [0.4, 0.5) is 11.5 Å². The molecular formula is C21H29ClN6O2. The van der Waals surface area contributed by atoms with Crippen LogP contribution in [0.3, 0.4) is 0 Å². The highest BCUT2D eigenvalue weighted by molar-refractivity contribution is 6.31. The van der Waals surface area contributed by atoms with Crippen LogP contribution in [-0.4, -0.2) is 42.0 Å². The number of halogens is 1. The van der Waals surface area contributed by atoms with E-state index in [-0.39, 0.29) is 12.5 Å². The summed E-state index contributed by atoms with van der Waals surface area (Å²) >= 11 is 6.23. The third-order valence-electron chi connectivity index (χ3n) is 4.17. The van der Waals surface area contributed by atoms with Crippen LogP contribution in [0.5, 0.6) is 0 Å². The van der Waals surface area contributed by atoms with E-state index in [1.54, 1.807) is 13.0 Å². The van der Waals surface area contributed by atoms with Crippen molar-refractivity contribution in [1.29, 1.82) is 0 Å². The van der Waals surface area contributed by atoms with Gasteiger partial charge in [-0.05, 0) is 31.5 Å². The Morgan fingerprint density at radius 3 is 2.77 bits per heavy atom. The van der Waals surface area contributed by atoms with Gasteiger partial charge >= 0.3 is 0 Å². The lowest BCUT2D eigenvalue weighted by molar-refractivity contribution is -0.124. The van der Waals surface area contributed by atoms with E-state index in [0.29, 0.717) is 23.9 Å². The maximum atomic E-state index is 11.5. The lowest BCUT2D eigenvalue weighted by Crippen LogP contribution is -2.33. The van der Waals surface area contributed by atoms with E-state index in [9.17, 15) is 4.79 Å². The molecule has 2 heterocycles. The topological polar surface area (TPSA) is 91.7 Å². The van der Waals surface area contributed by atoms with Crippen LogP contribution in [-0.2, 0) is 16.1 Å². The monoisotopic (exact) mass is 432 g/mol. The molecule has 3 rings (SSSR count). The van der Waals surface area contributed by atoms with E-state index in [1.807, 2.05) is 44.0 Å². The molecule has 1 aliphatic rings. The SMILES string of the molecule is CC.COCC(=O)NCc1cc(N=C2CCN(c3ccc(C)c(Cl)c3)N2)nc(C)n1. The van der Waals surface area contributed by atoms with Crippen LogP contribution in [0.25, 0.3) is 0 Å². The minimum atomic E-state index is -0.198. The third-order valence-corrected chi connectivity index (χ3v) is 4.58. The van der Waals surface area contributed by atoms with Gasteiger partial charge in [-0.15, -0.1) is 0 Å². The Morgan fingerprint density at radius 1 is 1.30 bits per heavy atom. The Hall–Kier alpha value is -2.71. The zero-order chi connectivity index (χ0) is 22.1. The van der Waals surface area contributed by atoms with E-state index < -0.39 is 0 Å². The predicted molar refractivity (Wildman–Crippen MR) is 120 cm³/mol. The van der Waals surface area contributed by atoms with Crippen molar-refractivity contribution in [1.82, 2.24) is 20.7 Å². The van der Waals surface area contributed by atoms with Gasteiger partial charge in [0.1, 0.15) is 18.3 Å². The molecule has 0 saturated carbocycles. The standard InChI is InChI=1S/C19H23ClN6O2.C2H6/c1-12-4-5-15(9-16(12)20)26-7-6-17(25-26)24-18-8-14(22-13(2)23-18)10-21-19(27)11-28-3;1-2/h4-5,8-9H,6-7,10-11H2,1-3H3,(H,21,27)(H,22,23,24,25);1-2H3. The molecule has 0 spiro atoms. The first kappa shape index (κ1) is 23.6. The van der Waals surface area contributed by atoms with E-state index in [4.69, 9.17) is 16.3 Å². The summed E-state index contributed by atoms with van der Waals surface area (Å²) in [5, 5.41) is 5.48.